The minimum Gasteiger partial charge on any atom is -0.396 e. The molecule has 0 aliphatic carbocycles. The number of fused-ring (bicyclic) bond motifs is 1. The molecule has 0 bridgehead atoms. The van der Waals surface area contributed by atoms with Crippen LogP contribution in [0.25, 0.3) is 0 Å². The summed E-state index contributed by atoms with van der Waals surface area (Å²) in [5, 5.41) is 12.0. The molecule has 4 nitrogen and oxygen atoms in total. The average molecular weight is 277 g/mol. The van der Waals surface area contributed by atoms with Crippen LogP contribution in [-0.4, -0.2) is 30.3 Å². The van der Waals surface area contributed by atoms with Gasteiger partial charge in [0.15, 0.2) is 0 Å². The molecule has 1 aliphatic rings. The molecular weight excluding hydrogens is 254 g/mol. The Morgan fingerprint density at radius 3 is 2.95 bits per heavy atom. The number of hydrogen-bond acceptors (Lipinski definition) is 3. The second-order valence-electron chi connectivity index (χ2n) is 5.53. The second-order valence-corrected chi connectivity index (χ2v) is 5.53. The van der Waals surface area contributed by atoms with Crippen LogP contribution in [0.1, 0.15) is 37.5 Å². The first-order valence-electron chi connectivity index (χ1n) is 7.21. The van der Waals surface area contributed by atoms with Crippen LogP contribution < -0.4 is 5.32 Å². The molecule has 4 heteroatoms. The topological polar surface area (TPSA) is 58.6 Å². The summed E-state index contributed by atoms with van der Waals surface area (Å²) in [6.45, 7) is 4.56. The zero-order chi connectivity index (χ0) is 14.5. The number of rotatable bonds is 5. The number of hydrogen-bond donors (Lipinski definition) is 2. The molecule has 0 aromatic heterocycles. The van der Waals surface area contributed by atoms with E-state index in [9.17, 15) is 4.79 Å². The summed E-state index contributed by atoms with van der Waals surface area (Å²) < 4.78 is 5.73. The molecule has 3 atom stereocenters. The Morgan fingerprint density at radius 2 is 2.20 bits per heavy atom. The van der Waals surface area contributed by atoms with E-state index in [0.29, 0.717) is 13.0 Å². The van der Waals surface area contributed by atoms with Gasteiger partial charge in [0, 0.05) is 12.6 Å². The van der Waals surface area contributed by atoms with Crippen LogP contribution in [0.2, 0.25) is 0 Å². The quantitative estimate of drug-likeness (QED) is 0.863. The summed E-state index contributed by atoms with van der Waals surface area (Å²) in [5.41, 5.74) is 2.39. The highest BCUT2D eigenvalue weighted by molar-refractivity contribution is 5.77. The van der Waals surface area contributed by atoms with Crippen LogP contribution in [0.3, 0.4) is 0 Å². The maximum absolute atomic E-state index is 12.1. The SMILES string of the molecule is CC(CO)C(C)NC(=O)CC1OCCc2ccccc21. The van der Waals surface area contributed by atoms with Crippen LogP contribution in [0.5, 0.6) is 0 Å². The molecule has 1 aliphatic heterocycles. The molecule has 0 radical (unpaired) electrons. The Labute approximate surface area is 120 Å². The van der Waals surface area contributed by atoms with Crippen molar-refractivity contribution < 1.29 is 14.6 Å². The van der Waals surface area contributed by atoms with Crippen molar-refractivity contribution in [2.24, 2.45) is 5.92 Å². The molecule has 0 fully saturated rings. The first-order chi connectivity index (χ1) is 9.61. The lowest BCUT2D eigenvalue weighted by Gasteiger charge is -2.27. The Hall–Kier alpha value is -1.39. The van der Waals surface area contributed by atoms with Gasteiger partial charge in [-0.1, -0.05) is 31.2 Å². The molecule has 1 amide bonds. The molecule has 110 valence electrons. The van der Waals surface area contributed by atoms with Crippen LogP contribution in [0.4, 0.5) is 0 Å². The molecule has 1 heterocycles. The predicted octanol–water partition coefficient (Wildman–Crippen LogP) is 1.82. The third-order valence-corrected chi connectivity index (χ3v) is 3.99. The standard InChI is InChI=1S/C16H23NO3/c1-11(10-18)12(2)17-16(19)9-15-14-6-4-3-5-13(14)7-8-20-15/h3-6,11-12,15,18H,7-10H2,1-2H3,(H,17,19). The van der Waals surface area contributed by atoms with Crippen molar-refractivity contribution >= 4 is 5.91 Å². The van der Waals surface area contributed by atoms with Gasteiger partial charge in [0.2, 0.25) is 5.91 Å². The average Bonchev–Trinajstić information content (AvgIpc) is 2.46. The summed E-state index contributed by atoms with van der Waals surface area (Å²) in [6, 6.07) is 8.10. The highest BCUT2D eigenvalue weighted by Crippen LogP contribution is 2.29. The van der Waals surface area contributed by atoms with E-state index in [0.717, 1.165) is 12.0 Å². The summed E-state index contributed by atoms with van der Waals surface area (Å²) in [4.78, 5) is 12.1. The van der Waals surface area contributed by atoms with Crippen molar-refractivity contribution in [2.75, 3.05) is 13.2 Å². The highest BCUT2D eigenvalue weighted by atomic mass is 16.5. The van der Waals surface area contributed by atoms with Gasteiger partial charge < -0.3 is 15.2 Å². The Morgan fingerprint density at radius 1 is 1.45 bits per heavy atom. The van der Waals surface area contributed by atoms with E-state index in [1.807, 2.05) is 32.0 Å². The lowest BCUT2D eigenvalue weighted by Crippen LogP contribution is -2.39. The molecule has 0 saturated heterocycles. The van der Waals surface area contributed by atoms with Crippen molar-refractivity contribution in [3.63, 3.8) is 0 Å². The molecule has 20 heavy (non-hydrogen) atoms. The molecule has 2 rings (SSSR count). The van der Waals surface area contributed by atoms with Crippen molar-refractivity contribution in [3.05, 3.63) is 35.4 Å². The molecule has 0 saturated carbocycles. The first-order valence-corrected chi connectivity index (χ1v) is 7.21. The van der Waals surface area contributed by atoms with E-state index in [1.165, 1.54) is 5.56 Å². The number of aliphatic hydroxyl groups is 1. The lowest BCUT2D eigenvalue weighted by molar-refractivity contribution is -0.125. The lowest BCUT2D eigenvalue weighted by atomic mass is 9.95. The van der Waals surface area contributed by atoms with Crippen LogP contribution in [0.15, 0.2) is 24.3 Å². The second kappa shape index (κ2) is 6.86. The number of amides is 1. The van der Waals surface area contributed by atoms with E-state index < -0.39 is 0 Å². The van der Waals surface area contributed by atoms with Gasteiger partial charge in [-0.2, -0.15) is 0 Å². The number of aliphatic hydroxyl groups excluding tert-OH is 1. The van der Waals surface area contributed by atoms with E-state index in [1.54, 1.807) is 0 Å². The number of benzene rings is 1. The highest BCUT2D eigenvalue weighted by Gasteiger charge is 2.24. The van der Waals surface area contributed by atoms with E-state index in [2.05, 4.69) is 11.4 Å². The van der Waals surface area contributed by atoms with E-state index in [4.69, 9.17) is 9.84 Å². The maximum atomic E-state index is 12.1. The van der Waals surface area contributed by atoms with E-state index >= 15 is 0 Å². The number of carbonyl (C=O) groups is 1. The van der Waals surface area contributed by atoms with Crippen molar-refractivity contribution in [2.45, 2.75) is 38.8 Å². The Bertz CT molecular complexity index is 461. The minimum absolute atomic E-state index is 0.0282. The van der Waals surface area contributed by atoms with Crippen LogP contribution in [0, 0.1) is 5.92 Å². The predicted molar refractivity (Wildman–Crippen MR) is 77.3 cm³/mol. The van der Waals surface area contributed by atoms with Crippen LogP contribution in [-0.2, 0) is 16.0 Å². The van der Waals surface area contributed by atoms with Gasteiger partial charge in [-0.05, 0) is 30.4 Å². The largest absolute Gasteiger partial charge is 0.396 e. The first kappa shape index (κ1) is 15.0. The van der Waals surface area contributed by atoms with Gasteiger partial charge in [0.05, 0.1) is 19.1 Å². The molecule has 0 spiro atoms. The molecule has 2 N–H and O–H groups in total. The van der Waals surface area contributed by atoms with Gasteiger partial charge >= 0.3 is 0 Å². The fraction of sp³-hybridized carbons (Fsp3) is 0.562. The summed E-state index contributed by atoms with van der Waals surface area (Å²) >= 11 is 0. The number of carbonyl (C=O) groups excluding carboxylic acids is 1. The molecule has 1 aromatic rings. The third kappa shape index (κ3) is 3.58. The molecule has 3 unspecified atom stereocenters. The number of ether oxygens (including phenoxy) is 1. The van der Waals surface area contributed by atoms with Gasteiger partial charge in [-0.25, -0.2) is 0 Å². The number of nitrogens with one attached hydrogen (secondary N) is 1. The fourth-order valence-corrected chi connectivity index (χ4v) is 2.43. The van der Waals surface area contributed by atoms with Crippen molar-refractivity contribution in [3.8, 4) is 0 Å². The normalized spacial score (nSPS) is 20.9. The van der Waals surface area contributed by atoms with Crippen molar-refractivity contribution in [1.82, 2.24) is 5.32 Å². The van der Waals surface area contributed by atoms with Gasteiger partial charge in [-0.3, -0.25) is 4.79 Å². The Balaban J connectivity index is 1.96. The zero-order valence-electron chi connectivity index (χ0n) is 12.1. The smallest absolute Gasteiger partial charge is 0.223 e. The molecule has 1 aromatic carbocycles. The maximum Gasteiger partial charge on any atom is 0.223 e. The van der Waals surface area contributed by atoms with Gasteiger partial charge in [0.25, 0.3) is 0 Å². The summed E-state index contributed by atoms with van der Waals surface area (Å²) in [7, 11) is 0. The zero-order valence-corrected chi connectivity index (χ0v) is 12.1. The van der Waals surface area contributed by atoms with E-state index in [-0.39, 0.29) is 30.6 Å². The monoisotopic (exact) mass is 277 g/mol. The molecular formula is C16H23NO3. The van der Waals surface area contributed by atoms with Gasteiger partial charge in [0.1, 0.15) is 0 Å². The van der Waals surface area contributed by atoms with Gasteiger partial charge in [-0.15, -0.1) is 0 Å². The third-order valence-electron chi connectivity index (χ3n) is 3.99. The van der Waals surface area contributed by atoms with Crippen LogP contribution >= 0.6 is 0 Å². The summed E-state index contributed by atoms with van der Waals surface area (Å²) in [6.07, 6.45) is 1.09. The Kier molecular flexibility index (Phi) is 5.15. The van der Waals surface area contributed by atoms with Crippen molar-refractivity contribution in [1.29, 1.82) is 0 Å². The fourth-order valence-electron chi connectivity index (χ4n) is 2.43. The summed E-state index contributed by atoms with van der Waals surface area (Å²) in [5.74, 6) is 0.0259. The minimum atomic E-state index is -0.156.